The van der Waals surface area contributed by atoms with E-state index in [1.165, 1.54) is 54.9 Å². The Bertz CT molecular complexity index is 2760. The summed E-state index contributed by atoms with van der Waals surface area (Å²) >= 11 is 0. The number of fused-ring (bicyclic) bond motifs is 10. The number of aromatic nitrogens is 4. The van der Waals surface area contributed by atoms with Crippen LogP contribution in [-0.4, -0.2) is 19.9 Å². The second kappa shape index (κ2) is 11.7. The maximum absolute atomic E-state index is 5.64. The highest BCUT2D eigenvalue weighted by Crippen LogP contribution is 2.42. The molecule has 0 saturated heterocycles. The maximum Gasteiger partial charge on any atom is 0.0733 e. The van der Waals surface area contributed by atoms with Crippen LogP contribution in [0.1, 0.15) is 116 Å². The second-order valence-corrected chi connectivity index (χ2v) is 20.9. The summed E-state index contributed by atoms with van der Waals surface area (Å²) in [6, 6.07) is 28.2. The van der Waals surface area contributed by atoms with Crippen LogP contribution in [0.3, 0.4) is 0 Å². The van der Waals surface area contributed by atoms with Crippen LogP contribution >= 0.6 is 0 Å². The molecule has 9 aromatic rings. The lowest BCUT2D eigenvalue weighted by Gasteiger charge is -2.21. The molecule has 4 heteroatoms. The monoisotopic (exact) mass is 736 g/mol. The summed E-state index contributed by atoms with van der Waals surface area (Å²) in [6.07, 6.45) is 0. The van der Waals surface area contributed by atoms with E-state index in [9.17, 15) is 0 Å². The Morgan fingerprint density at radius 2 is 0.500 bits per heavy atom. The summed E-state index contributed by atoms with van der Waals surface area (Å²) in [5.41, 5.74) is 15.6. The minimum absolute atomic E-state index is 0.0738. The van der Waals surface area contributed by atoms with Gasteiger partial charge in [0.15, 0.2) is 0 Å². The average molecular weight is 737 g/mol. The van der Waals surface area contributed by atoms with E-state index in [2.05, 4.69) is 180 Å². The standard InChI is InChI=1S/C52H56N4/c1-27-15-41-37-23-29(49(3,4)5)19-33-35-21-31(51(9,10)11)25-39(47(35)55-45(33)37)43-17-28(2)18-44(54-43)40-26-32(52(12,13)14)22-36-34-20-30(50(6,7)8)24-38(42(16-27)53-41)46(34)56-48(36)40/h15-26,55-56H,1-14H3. The third-order valence-electron chi connectivity index (χ3n) is 12.1. The fourth-order valence-electron chi connectivity index (χ4n) is 8.63. The fraction of sp³-hybridized carbons (Fsp3) is 0.346. The highest BCUT2D eigenvalue weighted by Gasteiger charge is 2.24. The predicted molar refractivity (Wildman–Crippen MR) is 244 cm³/mol. The van der Waals surface area contributed by atoms with Gasteiger partial charge in [0.25, 0.3) is 0 Å². The summed E-state index contributed by atoms with van der Waals surface area (Å²) in [6.45, 7) is 32.1. The Hall–Kier alpha value is -5.22. The number of rotatable bonds is 0. The zero-order valence-corrected chi connectivity index (χ0v) is 35.8. The van der Waals surface area contributed by atoms with Crippen molar-refractivity contribution in [3.63, 3.8) is 0 Å². The fourth-order valence-corrected chi connectivity index (χ4v) is 8.63. The topological polar surface area (TPSA) is 57.4 Å². The van der Waals surface area contributed by atoms with E-state index in [0.29, 0.717) is 0 Å². The average Bonchev–Trinajstić information content (AvgIpc) is 3.66. The van der Waals surface area contributed by atoms with Crippen LogP contribution in [-0.2, 0) is 21.7 Å². The summed E-state index contributed by atoms with van der Waals surface area (Å²) in [7, 11) is 0. The van der Waals surface area contributed by atoms with E-state index >= 15 is 0 Å². The van der Waals surface area contributed by atoms with Gasteiger partial charge in [0, 0.05) is 43.1 Å². The number of pyridine rings is 2. The molecule has 0 amide bonds. The molecule has 0 spiro atoms. The van der Waals surface area contributed by atoms with Crippen molar-refractivity contribution in [3.8, 4) is 0 Å². The molecule has 0 fully saturated rings. The van der Waals surface area contributed by atoms with Crippen molar-refractivity contribution in [2.24, 2.45) is 0 Å². The first-order valence-electron chi connectivity index (χ1n) is 20.3. The first-order valence-corrected chi connectivity index (χ1v) is 20.3. The number of hydrogen-bond acceptors (Lipinski definition) is 2. The molecule has 0 atom stereocenters. The Balaban J connectivity index is 1.67. The van der Waals surface area contributed by atoms with Crippen molar-refractivity contribution in [1.29, 1.82) is 0 Å². The van der Waals surface area contributed by atoms with Gasteiger partial charge in [-0.3, -0.25) is 0 Å². The number of aryl methyl sites for hydroxylation is 2. The van der Waals surface area contributed by atoms with Gasteiger partial charge in [-0.05, 0) is 142 Å². The quantitative estimate of drug-likeness (QED) is 0.163. The molecule has 56 heavy (non-hydrogen) atoms. The molecule has 2 N–H and O–H groups in total. The van der Waals surface area contributed by atoms with Gasteiger partial charge in [0.2, 0.25) is 0 Å². The molecule has 0 unspecified atom stereocenters. The molecular weight excluding hydrogens is 681 g/mol. The maximum atomic E-state index is 5.64. The highest BCUT2D eigenvalue weighted by atomic mass is 14.8. The van der Waals surface area contributed by atoms with Crippen molar-refractivity contribution in [1.82, 2.24) is 19.9 Å². The summed E-state index contributed by atoms with van der Waals surface area (Å²) in [5.74, 6) is 0. The van der Waals surface area contributed by atoms with E-state index in [0.717, 1.165) is 65.7 Å². The van der Waals surface area contributed by atoms with E-state index in [1.54, 1.807) is 0 Å². The highest BCUT2D eigenvalue weighted by molar-refractivity contribution is 6.23. The van der Waals surface area contributed by atoms with E-state index in [-0.39, 0.29) is 21.7 Å². The number of hydrogen-bond donors (Lipinski definition) is 2. The molecule has 0 saturated carbocycles. The zero-order chi connectivity index (χ0) is 40.0. The summed E-state index contributed by atoms with van der Waals surface area (Å²) in [5, 5.41) is 9.39. The van der Waals surface area contributed by atoms with Crippen molar-refractivity contribution in [2.75, 3.05) is 0 Å². The van der Waals surface area contributed by atoms with Crippen LogP contribution in [0.25, 0.3) is 87.2 Å². The minimum atomic E-state index is -0.0738. The lowest BCUT2D eigenvalue weighted by atomic mass is 9.83. The van der Waals surface area contributed by atoms with Gasteiger partial charge in [-0.25, -0.2) is 9.97 Å². The van der Waals surface area contributed by atoms with Gasteiger partial charge in [-0.1, -0.05) is 83.1 Å². The lowest BCUT2D eigenvalue weighted by Crippen LogP contribution is -2.11. The molecular formula is C52H56N4. The second-order valence-electron chi connectivity index (χ2n) is 20.9. The number of H-pyrrole nitrogens is 2. The number of nitrogens with one attached hydrogen (secondary N) is 2. The number of benzene rings is 4. The summed E-state index contributed by atoms with van der Waals surface area (Å²) in [4.78, 5) is 19.3. The predicted octanol–water partition coefficient (Wildman–Crippen LogP) is 14.7. The molecule has 5 heterocycles. The Morgan fingerprint density at radius 3 is 0.696 bits per heavy atom. The van der Waals surface area contributed by atoms with Crippen LogP contribution in [0, 0.1) is 13.8 Å². The number of aromatic amines is 2. The lowest BCUT2D eigenvalue weighted by molar-refractivity contribution is 0.591. The normalized spacial score (nSPS) is 13.5. The van der Waals surface area contributed by atoms with Gasteiger partial charge in [-0.15, -0.1) is 0 Å². The van der Waals surface area contributed by atoms with E-state index < -0.39 is 0 Å². The zero-order valence-electron chi connectivity index (χ0n) is 35.8. The third kappa shape index (κ3) is 5.78. The molecule has 8 bridgehead atoms. The molecule has 284 valence electrons. The Labute approximate surface area is 330 Å². The van der Waals surface area contributed by atoms with Crippen LogP contribution < -0.4 is 0 Å². The largest absolute Gasteiger partial charge is 0.353 e. The molecule has 4 aromatic carbocycles. The van der Waals surface area contributed by atoms with Gasteiger partial charge in [0.1, 0.15) is 0 Å². The van der Waals surface area contributed by atoms with Crippen LogP contribution in [0.15, 0.2) is 72.8 Å². The molecule has 0 aliphatic carbocycles. The first kappa shape index (κ1) is 36.4. The van der Waals surface area contributed by atoms with Crippen molar-refractivity contribution in [3.05, 3.63) is 106 Å². The van der Waals surface area contributed by atoms with Crippen molar-refractivity contribution in [2.45, 2.75) is 119 Å². The van der Waals surface area contributed by atoms with Gasteiger partial charge < -0.3 is 9.97 Å². The van der Waals surface area contributed by atoms with Crippen LogP contribution in [0.4, 0.5) is 0 Å². The molecule has 0 radical (unpaired) electrons. The Morgan fingerprint density at radius 1 is 0.304 bits per heavy atom. The van der Waals surface area contributed by atoms with Gasteiger partial charge >= 0.3 is 0 Å². The smallest absolute Gasteiger partial charge is 0.0733 e. The SMILES string of the molecule is Cc1cc2nc(c1)c1cc(C(C)(C)C)cc3c4cc(C(C)(C)C)cc(c5cc(C)cc(n5)c5cc(C(C)(C)C)cc6c7cc(C(C)(C)C)cc2c7[nH]c56)c4[nH]c13. The molecule has 0 aliphatic rings. The first-order chi connectivity index (χ1) is 26.0. The van der Waals surface area contributed by atoms with Crippen LogP contribution in [0.5, 0.6) is 0 Å². The Kier molecular flexibility index (Phi) is 7.58. The number of nitrogens with zero attached hydrogens (tertiary/aromatic N) is 2. The molecule has 4 nitrogen and oxygen atoms in total. The van der Waals surface area contributed by atoms with E-state index in [4.69, 9.17) is 9.97 Å². The summed E-state index contributed by atoms with van der Waals surface area (Å²) < 4.78 is 0. The molecule has 0 aliphatic heterocycles. The molecule has 5 aromatic heterocycles. The molecule has 9 rings (SSSR count). The minimum Gasteiger partial charge on any atom is -0.353 e. The van der Waals surface area contributed by atoms with Gasteiger partial charge in [0.05, 0.1) is 44.1 Å². The van der Waals surface area contributed by atoms with Crippen molar-refractivity contribution < 1.29 is 0 Å². The van der Waals surface area contributed by atoms with E-state index in [1.807, 2.05) is 0 Å². The van der Waals surface area contributed by atoms with Crippen LogP contribution in [0.2, 0.25) is 0 Å². The van der Waals surface area contributed by atoms with Crippen molar-refractivity contribution >= 4 is 87.2 Å². The third-order valence-corrected chi connectivity index (χ3v) is 12.1. The van der Waals surface area contributed by atoms with Gasteiger partial charge in [-0.2, -0.15) is 0 Å².